The maximum absolute atomic E-state index is 11.8. The predicted molar refractivity (Wildman–Crippen MR) is 69.6 cm³/mol. The minimum atomic E-state index is -3.50. The number of nitrogens with two attached hydrogens (primary N) is 1. The van der Waals surface area contributed by atoms with Gasteiger partial charge in [0.1, 0.15) is 5.75 Å². The molecule has 0 radical (unpaired) electrons. The van der Waals surface area contributed by atoms with Gasteiger partial charge in [-0.1, -0.05) is 0 Å². The zero-order valence-corrected chi connectivity index (χ0v) is 11.4. The number of rotatable bonds is 7. The fourth-order valence-electron chi connectivity index (χ4n) is 1.28. The molecular weight excluding hydrogens is 254 g/mol. The van der Waals surface area contributed by atoms with Gasteiger partial charge < -0.3 is 10.5 Å². The van der Waals surface area contributed by atoms with Crippen LogP contribution in [-0.4, -0.2) is 40.7 Å². The lowest BCUT2D eigenvalue weighted by Gasteiger charge is -2.12. The van der Waals surface area contributed by atoms with Gasteiger partial charge in [0.2, 0.25) is 0 Å². The summed E-state index contributed by atoms with van der Waals surface area (Å²) in [5.74, 6) is 0.632. The maximum atomic E-state index is 11.8. The first-order chi connectivity index (χ1) is 8.45. The highest BCUT2D eigenvalue weighted by Crippen LogP contribution is 2.15. The number of benzene rings is 1. The third-order valence-corrected chi connectivity index (χ3v) is 3.55. The van der Waals surface area contributed by atoms with Gasteiger partial charge in [0.15, 0.2) is 0 Å². The van der Waals surface area contributed by atoms with Crippen LogP contribution in [0.15, 0.2) is 29.2 Å². The number of nitrogens with one attached hydrogen (secondary N) is 1. The normalized spacial score (nSPS) is 11.8. The number of ether oxygens (including phenoxy) is 1. The van der Waals surface area contributed by atoms with E-state index in [4.69, 9.17) is 10.5 Å². The van der Waals surface area contributed by atoms with E-state index in [1.54, 1.807) is 26.2 Å². The van der Waals surface area contributed by atoms with Gasteiger partial charge in [-0.05, 0) is 37.2 Å². The van der Waals surface area contributed by atoms with Crippen molar-refractivity contribution in [3.05, 3.63) is 24.3 Å². The second kappa shape index (κ2) is 6.69. The topological polar surface area (TPSA) is 84.7 Å². The van der Waals surface area contributed by atoms with Crippen LogP contribution in [0.25, 0.3) is 0 Å². The summed E-state index contributed by atoms with van der Waals surface area (Å²) in [5, 5.41) is 1.38. The Bertz CT molecular complexity index is 457. The Labute approximate surface area is 108 Å². The van der Waals surface area contributed by atoms with Crippen molar-refractivity contribution in [3.8, 4) is 5.75 Å². The molecular formula is C11H19N3O3S. The molecule has 6 nitrogen and oxygen atoms in total. The lowest BCUT2D eigenvalue weighted by molar-refractivity contribution is 0.313. The number of sulfonamides is 1. The largest absolute Gasteiger partial charge is 0.494 e. The van der Waals surface area contributed by atoms with E-state index >= 15 is 0 Å². The molecule has 0 aliphatic carbocycles. The summed E-state index contributed by atoms with van der Waals surface area (Å²) >= 11 is 0. The molecule has 102 valence electrons. The Morgan fingerprint density at radius 2 is 1.89 bits per heavy atom. The first-order valence-electron chi connectivity index (χ1n) is 5.58. The molecule has 7 heteroatoms. The van der Waals surface area contributed by atoms with Crippen molar-refractivity contribution in [1.82, 2.24) is 9.84 Å². The van der Waals surface area contributed by atoms with Crippen molar-refractivity contribution in [3.63, 3.8) is 0 Å². The van der Waals surface area contributed by atoms with Crippen LogP contribution in [0.3, 0.4) is 0 Å². The Hall–Kier alpha value is -1.15. The highest BCUT2D eigenvalue weighted by atomic mass is 32.2. The SMILES string of the molecule is CN(C)NS(=O)(=O)c1ccc(OCCCN)cc1. The molecule has 0 aliphatic heterocycles. The van der Waals surface area contributed by atoms with E-state index < -0.39 is 10.0 Å². The summed E-state index contributed by atoms with van der Waals surface area (Å²) in [4.78, 5) is 2.55. The van der Waals surface area contributed by atoms with Crippen LogP contribution < -0.4 is 15.3 Å². The summed E-state index contributed by atoms with van der Waals surface area (Å²) in [6.07, 6.45) is 0.766. The molecule has 0 bridgehead atoms. The van der Waals surface area contributed by atoms with Gasteiger partial charge >= 0.3 is 0 Å². The van der Waals surface area contributed by atoms with Gasteiger partial charge in [-0.3, -0.25) is 0 Å². The van der Waals surface area contributed by atoms with E-state index in [2.05, 4.69) is 4.83 Å². The summed E-state index contributed by atoms with van der Waals surface area (Å²) in [5.41, 5.74) is 5.35. The van der Waals surface area contributed by atoms with Crippen molar-refractivity contribution in [2.45, 2.75) is 11.3 Å². The van der Waals surface area contributed by atoms with Gasteiger partial charge in [0, 0.05) is 14.1 Å². The molecule has 1 rings (SSSR count). The first-order valence-corrected chi connectivity index (χ1v) is 7.07. The van der Waals surface area contributed by atoms with E-state index in [-0.39, 0.29) is 4.90 Å². The minimum absolute atomic E-state index is 0.197. The molecule has 0 saturated heterocycles. The Morgan fingerprint density at radius 1 is 1.28 bits per heavy atom. The van der Waals surface area contributed by atoms with Gasteiger partial charge in [-0.25, -0.2) is 13.4 Å². The van der Waals surface area contributed by atoms with E-state index in [1.807, 2.05) is 0 Å². The molecule has 0 saturated carbocycles. The molecule has 18 heavy (non-hydrogen) atoms. The standard InChI is InChI=1S/C11H19N3O3S/c1-14(2)13-18(15,16)11-6-4-10(5-7-11)17-9-3-8-12/h4-7,13H,3,8-9,12H2,1-2H3. The molecule has 0 atom stereocenters. The van der Waals surface area contributed by atoms with Crippen molar-refractivity contribution >= 4 is 10.0 Å². The quantitative estimate of drug-likeness (QED) is 0.546. The van der Waals surface area contributed by atoms with Crippen LogP contribution in [0, 0.1) is 0 Å². The molecule has 0 aliphatic rings. The Balaban J connectivity index is 2.70. The fraction of sp³-hybridized carbons (Fsp3) is 0.455. The molecule has 1 aromatic carbocycles. The number of hydrogen-bond acceptors (Lipinski definition) is 5. The summed E-state index contributed by atoms with van der Waals surface area (Å²) in [7, 11) is -0.275. The lowest BCUT2D eigenvalue weighted by atomic mass is 10.3. The zero-order valence-electron chi connectivity index (χ0n) is 10.6. The third-order valence-electron chi connectivity index (χ3n) is 2.05. The van der Waals surface area contributed by atoms with E-state index in [0.717, 1.165) is 6.42 Å². The minimum Gasteiger partial charge on any atom is -0.494 e. The molecule has 0 unspecified atom stereocenters. The van der Waals surface area contributed by atoms with Gasteiger partial charge in [-0.15, -0.1) is 4.83 Å². The lowest BCUT2D eigenvalue weighted by Crippen LogP contribution is -2.36. The van der Waals surface area contributed by atoms with Gasteiger partial charge in [-0.2, -0.15) is 0 Å². The first kappa shape index (κ1) is 14.9. The van der Waals surface area contributed by atoms with Crippen molar-refractivity contribution in [1.29, 1.82) is 0 Å². The Kier molecular flexibility index (Phi) is 5.54. The summed E-state index contributed by atoms with van der Waals surface area (Å²) < 4.78 is 29.0. The average molecular weight is 273 g/mol. The summed E-state index contributed by atoms with van der Waals surface area (Å²) in [6, 6.07) is 6.26. The van der Waals surface area contributed by atoms with Crippen LogP contribution in [0.1, 0.15) is 6.42 Å². The molecule has 0 amide bonds. The smallest absolute Gasteiger partial charge is 0.253 e. The molecule has 0 fully saturated rings. The van der Waals surface area contributed by atoms with E-state index in [9.17, 15) is 8.42 Å². The molecule has 3 N–H and O–H groups in total. The van der Waals surface area contributed by atoms with Crippen LogP contribution in [-0.2, 0) is 10.0 Å². The zero-order chi connectivity index (χ0) is 13.6. The Morgan fingerprint density at radius 3 is 2.39 bits per heavy atom. The van der Waals surface area contributed by atoms with Crippen molar-refractivity contribution in [2.75, 3.05) is 27.2 Å². The molecule has 0 spiro atoms. The number of nitrogens with zero attached hydrogens (tertiary/aromatic N) is 1. The van der Waals surface area contributed by atoms with Crippen molar-refractivity contribution < 1.29 is 13.2 Å². The van der Waals surface area contributed by atoms with Crippen LogP contribution in [0.4, 0.5) is 0 Å². The summed E-state index contributed by atoms with van der Waals surface area (Å²) in [6.45, 7) is 1.10. The number of hydrogen-bond donors (Lipinski definition) is 2. The second-order valence-electron chi connectivity index (χ2n) is 3.95. The average Bonchev–Trinajstić information content (AvgIpc) is 2.28. The maximum Gasteiger partial charge on any atom is 0.253 e. The highest BCUT2D eigenvalue weighted by molar-refractivity contribution is 7.89. The van der Waals surface area contributed by atoms with Crippen LogP contribution in [0.5, 0.6) is 5.75 Å². The molecule has 0 heterocycles. The van der Waals surface area contributed by atoms with Crippen molar-refractivity contribution in [2.24, 2.45) is 5.73 Å². The highest BCUT2D eigenvalue weighted by Gasteiger charge is 2.14. The monoisotopic (exact) mass is 273 g/mol. The third kappa shape index (κ3) is 4.61. The van der Waals surface area contributed by atoms with E-state index in [1.165, 1.54) is 17.1 Å². The predicted octanol–water partition coefficient (Wildman–Crippen LogP) is 0.169. The van der Waals surface area contributed by atoms with Gasteiger partial charge in [0.25, 0.3) is 10.0 Å². The number of hydrazine groups is 1. The van der Waals surface area contributed by atoms with Crippen LogP contribution >= 0.6 is 0 Å². The second-order valence-corrected chi connectivity index (χ2v) is 5.61. The fourth-order valence-corrected chi connectivity index (χ4v) is 2.36. The van der Waals surface area contributed by atoms with Crippen LogP contribution in [0.2, 0.25) is 0 Å². The van der Waals surface area contributed by atoms with E-state index in [0.29, 0.717) is 18.9 Å². The molecule has 1 aromatic rings. The molecule has 0 aromatic heterocycles. The van der Waals surface area contributed by atoms with Gasteiger partial charge in [0.05, 0.1) is 11.5 Å².